The first-order chi connectivity index (χ1) is 17.5. The highest BCUT2D eigenvalue weighted by molar-refractivity contribution is 7.07. The number of allylic oxidation sites excluding steroid dienone is 1. The van der Waals surface area contributed by atoms with Gasteiger partial charge in [-0.25, -0.2) is 9.79 Å². The normalized spacial score (nSPS) is 15.2. The lowest BCUT2D eigenvalue weighted by molar-refractivity contribution is -0.139. The molecule has 2 aromatic heterocycles. The predicted molar refractivity (Wildman–Crippen MR) is 138 cm³/mol. The van der Waals surface area contributed by atoms with E-state index in [9.17, 15) is 9.59 Å². The average Bonchev–Trinajstić information content (AvgIpc) is 3.17. The van der Waals surface area contributed by atoms with Crippen LogP contribution in [0.15, 0.2) is 76.4 Å². The van der Waals surface area contributed by atoms with Crippen LogP contribution in [0.4, 0.5) is 0 Å². The second kappa shape index (κ2) is 11.2. The fourth-order valence-electron chi connectivity index (χ4n) is 3.95. The molecule has 0 saturated heterocycles. The van der Waals surface area contributed by atoms with Crippen LogP contribution >= 0.6 is 11.3 Å². The number of hydrogen-bond donors (Lipinski definition) is 0. The van der Waals surface area contributed by atoms with Crippen LogP contribution in [0.3, 0.4) is 0 Å². The summed E-state index contributed by atoms with van der Waals surface area (Å²) in [5, 5.41) is 0. The van der Waals surface area contributed by atoms with E-state index in [0.29, 0.717) is 50.9 Å². The zero-order valence-electron chi connectivity index (χ0n) is 20.4. The van der Waals surface area contributed by atoms with Gasteiger partial charge in [-0.15, -0.1) is 0 Å². The Morgan fingerprint density at radius 2 is 2.03 bits per heavy atom. The van der Waals surface area contributed by atoms with E-state index in [0.717, 1.165) is 5.56 Å². The number of rotatable bonds is 9. The molecule has 0 fully saturated rings. The first kappa shape index (κ1) is 25.1. The first-order valence-corrected chi connectivity index (χ1v) is 12.4. The first-order valence-electron chi connectivity index (χ1n) is 11.6. The van der Waals surface area contributed by atoms with Gasteiger partial charge in [0.1, 0.15) is 6.61 Å². The molecule has 0 radical (unpaired) electrons. The molecule has 0 aliphatic carbocycles. The lowest BCUT2D eigenvalue weighted by Crippen LogP contribution is -2.40. The number of esters is 1. The lowest BCUT2D eigenvalue weighted by atomic mass is 9.95. The second-order valence-electron chi connectivity index (χ2n) is 7.83. The fraction of sp³-hybridized carbons (Fsp3) is 0.259. The van der Waals surface area contributed by atoms with Gasteiger partial charge in [-0.1, -0.05) is 36.1 Å². The Balaban J connectivity index is 1.94. The summed E-state index contributed by atoms with van der Waals surface area (Å²) in [4.78, 5) is 36.0. The maximum absolute atomic E-state index is 13.7. The van der Waals surface area contributed by atoms with Gasteiger partial charge in [0, 0.05) is 12.4 Å². The molecule has 0 saturated carbocycles. The van der Waals surface area contributed by atoms with E-state index >= 15 is 0 Å². The predicted octanol–water partition coefficient (Wildman–Crippen LogP) is 3.16. The van der Waals surface area contributed by atoms with Crippen molar-refractivity contribution in [3.05, 3.63) is 97.5 Å². The van der Waals surface area contributed by atoms with Crippen molar-refractivity contribution < 1.29 is 19.0 Å². The van der Waals surface area contributed by atoms with Crippen molar-refractivity contribution in [1.82, 2.24) is 9.55 Å². The number of carbonyl (C=O) groups excluding carboxylic acids is 1. The summed E-state index contributed by atoms with van der Waals surface area (Å²) >= 11 is 1.26. The molecule has 36 heavy (non-hydrogen) atoms. The largest absolute Gasteiger partial charge is 0.490 e. The van der Waals surface area contributed by atoms with Gasteiger partial charge in [0.05, 0.1) is 35.1 Å². The van der Waals surface area contributed by atoms with Crippen LogP contribution in [0, 0.1) is 0 Å². The summed E-state index contributed by atoms with van der Waals surface area (Å²) in [6, 6.07) is 8.32. The van der Waals surface area contributed by atoms with Crippen molar-refractivity contribution in [3.8, 4) is 11.5 Å². The average molecular weight is 506 g/mol. The van der Waals surface area contributed by atoms with Crippen molar-refractivity contribution in [2.24, 2.45) is 4.99 Å². The van der Waals surface area contributed by atoms with Crippen LogP contribution in [-0.4, -0.2) is 35.3 Å². The van der Waals surface area contributed by atoms with Gasteiger partial charge in [0.2, 0.25) is 0 Å². The minimum absolute atomic E-state index is 0.201. The Labute approximate surface area is 212 Å². The van der Waals surface area contributed by atoms with E-state index in [1.54, 1.807) is 61.2 Å². The molecule has 4 rings (SSSR count). The highest BCUT2D eigenvalue weighted by Crippen LogP contribution is 2.36. The molecule has 0 spiro atoms. The highest BCUT2D eigenvalue weighted by Gasteiger charge is 2.34. The molecule has 1 aliphatic rings. The maximum atomic E-state index is 13.7. The maximum Gasteiger partial charge on any atom is 0.338 e. The molecule has 0 bridgehead atoms. The number of ether oxygens (including phenoxy) is 3. The Morgan fingerprint density at radius 3 is 2.72 bits per heavy atom. The summed E-state index contributed by atoms with van der Waals surface area (Å²) < 4.78 is 19.0. The zero-order valence-corrected chi connectivity index (χ0v) is 21.2. The van der Waals surface area contributed by atoms with Crippen LogP contribution < -0.4 is 24.4 Å². The van der Waals surface area contributed by atoms with Gasteiger partial charge >= 0.3 is 5.97 Å². The molecule has 3 aromatic rings. The number of hydrogen-bond acceptors (Lipinski definition) is 8. The third-order valence-corrected chi connectivity index (χ3v) is 6.42. The standard InChI is InChI=1S/C27H27N3O5S/c1-5-13-35-20-11-10-19(15-21(20)33-6-2)24-23(26(32)34-7-3)17(4)29-27-30(24)25(31)22(36-27)14-18-9-8-12-28-16-18/h5,8-12,14-16,24H,1,6-7,13H2,2-4H3/b22-14+. The minimum Gasteiger partial charge on any atom is -0.490 e. The molecule has 0 amide bonds. The second-order valence-corrected chi connectivity index (χ2v) is 8.84. The number of thiazole rings is 1. The topological polar surface area (TPSA) is 92.0 Å². The third-order valence-electron chi connectivity index (χ3n) is 5.44. The van der Waals surface area contributed by atoms with Crippen molar-refractivity contribution in [2.75, 3.05) is 19.8 Å². The van der Waals surface area contributed by atoms with Crippen LogP contribution in [-0.2, 0) is 9.53 Å². The minimum atomic E-state index is -0.746. The quantitative estimate of drug-likeness (QED) is 0.328. The molecule has 1 aliphatic heterocycles. The van der Waals surface area contributed by atoms with E-state index in [4.69, 9.17) is 14.2 Å². The number of aromatic nitrogens is 2. The summed E-state index contributed by atoms with van der Waals surface area (Å²) in [7, 11) is 0. The fourth-order valence-corrected chi connectivity index (χ4v) is 5.00. The molecular weight excluding hydrogens is 478 g/mol. The lowest BCUT2D eigenvalue weighted by Gasteiger charge is -2.25. The molecule has 1 atom stereocenters. The molecule has 0 N–H and O–H groups in total. The summed E-state index contributed by atoms with van der Waals surface area (Å²) in [5.74, 6) is 0.533. The molecule has 1 unspecified atom stereocenters. The summed E-state index contributed by atoms with van der Waals surface area (Å²) in [6.07, 6.45) is 6.78. The van der Waals surface area contributed by atoms with Crippen molar-refractivity contribution in [2.45, 2.75) is 26.8 Å². The van der Waals surface area contributed by atoms with E-state index in [-0.39, 0.29) is 12.2 Å². The number of benzene rings is 1. The molecule has 3 heterocycles. The van der Waals surface area contributed by atoms with Crippen molar-refractivity contribution in [3.63, 3.8) is 0 Å². The van der Waals surface area contributed by atoms with E-state index < -0.39 is 12.0 Å². The molecule has 1 aromatic carbocycles. The van der Waals surface area contributed by atoms with E-state index in [1.807, 2.05) is 19.1 Å². The number of nitrogens with zero attached hydrogens (tertiary/aromatic N) is 3. The SMILES string of the molecule is C=CCOc1ccc(C2C(C(=O)OCC)=C(C)N=c3s/c(=C/c4cccnc4)c(=O)n32)cc1OCC. The van der Waals surface area contributed by atoms with Gasteiger partial charge in [-0.2, -0.15) is 0 Å². The van der Waals surface area contributed by atoms with Crippen LogP contribution in [0.2, 0.25) is 0 Å². The third kappa shape index (κ3) is 5.01. The Morgan fingerprint density at radius 1 is 1.19 bits per heavy atom. The Kier molecular flexibility index (Phi) is 7.80. The van der Waals surface area contributed by atoms with Gasteiger partial charge in [0.25, 0.3) is 5.56 Å². The smallest absolute Gasteiger partial charge is 0.338 e. The zero-order chi connectivity index (χ0) is 25.7. The number of carbonyl (C=O) groups is 1. The summed E-state index contributed by atoms with van der Waals surface area (Å²) in [5.41, 5.74) is 2.02. The Hall–Kier alpha value is -3.98. The van der Waals surface area contributed by atoms with E-state index in [2.05, 4.69) is 16.6 Å². The van der Waals surface area contributed by atoms with Gasteiger partial charge < -0.3 is 14.2 Å². The van der Waals surface area contributed by atoms with Crippen molar-refractivity contribution in [1.29, 1.82) is 0 Å². The van der Waals surface area contributed by atoms with Gasteiger partial charge in [-0.05, 0) is 56.2 Å². The molecule has 8 nitrogen and oxygen atoms in total. The molecule has 186 valence electrons. The van der Waals surface area contributed by atoms with Crippen LogP contribution in [0.1, 0.15) is 37.9 Å². The number of pyridine rings is 1. The summed E-state index contributed by atoms with van der Waals surface area (Å²) in [6.45, 7) is 9.99. The van der Waals surface area contributed by atoms with Crippen LogP contribution in [0.5, 0.6) is 11.5 Å². The van der Waals surface area contributed by atoms with Gasteiger partial charge in [0.15, 0.2) is 16.3 Å². The van der Waals surface area contributed by atoms with E-state index in [1.165, 1.54) is 11.3 Å². The Bertz CT molecular complexity index is 1490. The van der Waals surface area contributed by atoms with Crippen molar-refractivity contribution >= 4 is 23.4 Å². The van der Waals surface area contributed by atoms with Crippen LogP contribution in [0.25, 0.3) is 6.08 Å². The molecular formula is C27H27N3O5S. The molecule has 9 heteroatoms. The highest BCUT2D eigenvalue weighted by atomic mass is 32.1. The number of fused-ring (bicyclic) bond motifs is 1. The monoisotopic (exact) mass is 505 g/mol. The van der Waals surface area contributed by atoms with Gasteiger partial charge in [-0.3, -0.25) is 14.3 Å².